The molecule has 2 rings (SSSR count). The van der Waals surface area contributed by atoms with Gasteiger partial charge < -0.3 is 0 Å². The largest absolute Gasteiger partial charge is 0.433 e. The van der Waals surface area contributed by atoms with Crippen LogP contribution in [0.25, 0.3) is 11.3 Å². The molecule has 0 aliphatic heterocycles. The summed E-state index contributed by atoms with van der Waals surface area (Å²) in [6, 6.07) is 5.56. The highest BCUT2D eigenvalue weighted by Crippen LogP contribution is 2.35. The van der Waals surface area contributed by atoms with Crippen molar-refractivity contribution in [3.05, 3.63) is 51.9 Å². The van der Waals surface area contributed by atoms with Crippen LogP contribution in [-0.2, 0) is 6.18 Å². The molecular weight excluding hydrogens is 305 g/mol. The van der Waals surface area contributed by atoms with Crippen LogP contribution in [0.2, 0.25) is 10.0 Å². The third-order valence-electron chi connectivity index (χ3n) is 2.31. The summed E-state index contributed by atoms with van der Waals surface area (Å²) in [5, 5.41) is 0.175. The van der Waals surface area contributed by atoms with Crippen LogP contribution < -0.4 is 0 Å². The number of hydrogen-bond acceptors (Lipinski definition) is 1. The highest BCUT2D eigenvalue weighted by atomic mass is 35.5. The minimum atomic E-state index is -4.73. The fraction of sp³-hybridized carbons (Fsp3) is 0.0833. The molecule has 0 atom stereocenters. The van der Waals surface area contributed by atoms with E-state index in [1.165, 1.54) is 18.2 Å². The highest BCUT2D eigenvalue weighted by Gasteiger charge is 2.33. The zero-order chi connectivity index (χ0) is 14.2. The maximum atomic E-state index is 13.3. The van der Waals surface area contributed by atoms with Crippen molar-refractivity contribution >= 4 is 23.2 Å². The van der Waals surface area contributed by atoms with Crippen LogP contribution in [0, 0.1) is 5.82 Å². The molecular formula is C12H5Cl2F4N. The van der Waals surface area contributed by atoms with E-state index in [2.05, 4.69) is 4.98 Å². The molecule has 1 nitrogen and oxygen atoms in total. The molecule has 0 N–H and O–H groups in total. The zero-order valence-corrected chi connectivity index (χ0v) is 10.6. The number of hydrogen-bond donors (Lipinski definition) is 0. The Morgan fingerprint density at radius 2 is 1.74 bits per heavy atom. The van der Waals surface area contributed by atoms with Crippen molar-refractivity contribution in [3.8, 4) is 11.3 Å². The van der Waals surface area contributed by atoms with Crippen molar-refractivity contribution in [2.45, 2.75) is 6.18 Å². The van der Waals surface area contributed by atoms with E-state index in [1.807, 2.05) is 0 Å². The van der Waals surface area contributed by atoms with Gasteiger partial charge in [-0.1, -0.05) is 35.3 Å². The summed E-state index contributed by atoms with van der Waals surface area (Å²) in [4.78, 5) is 3.37. The number of rotatable bonds is 1. The van der Waals surface area contributed by atoms with Crippen molar-refractivity contribution in [1.82, 2.24) is 4.98 Å². The second kappa shape index (κ2) is 4.98. The Kier molecular flexibility index (Phi) is 3.69. The molecule has 0 aliphatic rings. The smallest absolute Gasteiger partial charge is 0.243 e. The van der Waals surface area contributed by atoms with Crippen LogP contribution >= 0.6 is 23.2 Å². The van der Waals surface area contributed by atoms with Gasteiger partial charge in [0, 0.05) is 17.7 Å². The second-order valence-corrected chi connectivity index (χ2v) is 4.44. The van der Waals surface area contributed by atoms with Gasteiger partial charge in [0.25, 0.3) is 0 Å². The summed E-state index contributed by atoms with van der Waals surface area (Å²) in [5.74, 6) is -1.05. The van der Waals surface area contributed by atoms with Gasteiger partial charge in [-0.2, -0.15) is 13.2 Å². The molecule has 0 amide bonds. The van der Waals surface area contributed by atoms with Crippen LogP contribution in [0.15, 0.2) is 30.3 Å². The van der Waals surface area contributed by atoms with Gasteiger partial charge in [-0.15, -0.1) is 0 Å². The van der Waals surface area contributed by atoms with Gasteiger partial charge in [0.1, 0.15) is 11.5 Å². The summed E-state index contributed by atoms with van der Waals surface area (Å²) in [6.07, 6.45) is -4.73. The Labute approximate surface area is 115 Å². The second-order valence-electron chi connectivity index (χ2n) is 3.65. The zero-order valence-electron chi connectivity index (χ0n) is 9.10. The normalized spacial score (nSPS) is 11.7. The monoisotopic (exact) mass is 309 g/mol. The molecule has 100 valence electrons. The fourth-order valence-electron chi connectivity index (χ4n) is 1.48. The molecule has 1 aromatic carbocycles. The van der Waals surface area contributed by atoms with Gasteiger partial charge >= 0.3 is 6.18 Å². The standard InChI is InChI=1S/C12H5Cl2F4N/c13-8-3-1-2-7(11(8)14)9-4-6(15)5-10(19-9)12(16,17)18/h1-5H. The van der Waals surface area contributed by atoms with E-state index in [0.29, 0.717) is 6.07 Å². The first-order valence-electron chi connectivity index (χ1n) is 4.98. The van der Waals surface area contributed by atoms with Gasteiger partial charge in [-0.05, 0) is 6.07 Å². The number of pyridine rings is 1. The van der Waals surface area contributed by atoms with Gasteiger partial charge in [0.05, 0.1) is 15.7 Å². The Bertz CT molecular complexity index is 626. The fourth-order valence-corrected chi connectivity index (χ4v) is 1.88. The Balaban J connectivity index is 2.63. The lowest BCUT2D eigenvalue weighted by atomic mass is 10.1. The Hall–Kier alpha value is -1.33. The summed E-state index contributed by atoms with van der Waals surface area (Å²) in [7, 11) is 0. The first-order chi connectivity index (χ1) is 8.79. The van der Waals surface area contributed by atoms with E-state index in [4.69, 9.17) is 23.2 Å². The van der Waals surface area contributed by atoms with Gasteiger partial charge in [-0.3, -0.25) is 0 Å². The van der Waals surface area contributed by atoms with E-state index >= 15 is 0 Å². The number of nitrogens with zero attached hydrogens (tertiary/aromatic N) is 1. The van der Waals surface area contributed by atoms with Crippen LogP contribution in [-0.4, -0.2) is 4.98 Å². The Morgan fingerprint density at radius 3 is 2.37 bits per heavy atom. The van der Waals surface area contributed by atoms with Crippen molar-refractivity contribution in [1.29, 1.82) is 0 Å². The average molecular weight is 310 g/mol. The van der Waals surface area contributed by atoms with E-state index in [1.54, 1.807) is 0 Å². The lowest BCUT2D eigenvalue weighted by Crippen LogP contribution is -2.09. The molecule has 2 aromatic rings. The van der Waals surface area contributed by atoms with E-state index in [9.17, 15) is 17.6 Å². The molecule has 0 aliphatic carbocycles. The van der Waals surface area contributed by atoms with Gasteiger partial charge in [-0.25, -0.2) is 9.37 Å². The first-order valence-corrected chi connectivity index (χ1v) is 5.74. The van der Waals surface area contributed by atoms with E-state index in [0.717, 1.165) is 6.07 Å². The van der Waals surface area contributed by atoms with Gasteiger partial charge in [0.15, 0.2) is 0 Å². The summed E-state index contributed by atoms with van der Waals surface area (Å²) in [5.41, 5.74) is -1.41. The van der Waals surface area contributed by atoms with Crippen LogP contribution in [0.3, 0.4) is 0 Å². The highest BCUT2D eigenvalue weighted by molar-refractivity contribution is 6.43. The molecule has 0 saturated heterocycles. The molecule has 0 unspecified atom stereocenters. The van der Waals surface area contributed by atoms with Gasteiger partial charge in [0.2, 0.25) is 0 Å². The van der Waals surface area contributed by atoms with Crippen molar-refractivity contribution in [2.75, 3.05) is 0 Å². The predicted octanol–water partition coefficient (Wildman–Crippen LogP) is 5.21. The molecule has 1 aromatic heterocycles. The molecule has 0 saturated carbocycles. The lowest BCUT2D eigenvalue weighted by molar-refractivity contribution is -0.141. The topological polar surface area (TPSA) is 12.9 Å². The van der Waals surface area contributed by atoms with E-state index in [-0.39, 0.29) is 21.3 Å². The predicted molar refractivity (Wildman–Crippen MR) is 64.7 cm³/mol. The number of aromatic nitrogens is 1. The Morgan fingerprint density at radius 1 is 1.05 bits per heavy atom. The minimum Gasteiger partial charge on any atom is -0.243 e. The maximum Gasteiger partial charge on any atom is 0.433 e. The third kappa shape index (κ3) is 2.98. The molecule has 7 heteroatoms. The molecule has 19 heavy (non-hydrogen) atoms. The first kappa shape index (κ1) is 14.1. The van der Waals surface area contributed by atoms with Crippen LogP contribution in [0.1, 0.15) is 5.69 Å². The summed E-state index contributed by atoms with van der Waals surface area (Å²) < 4.78 is 50.9. The SMILES string of the molecule is Fc1cc(-c2cccc(Cl)c2Cl)nc(C(F)(F)F)c1. The maximum absolute atomic E-state index is 13.3. The molecule has 0 bridgehead atoms. The summed E-state index contributed by atoms with van der Waals surface area (Å²) >= 11 is 11.6. The van der Waals surface area contributed by atoms with Crippen molar-refractivity contribution in [2.24, 2.45) is 0 Å². The van der Waals surface area contributed by atoms with E-state index < -0.39 is 17.7 Å². The number of benzene rings is 1. The third-order valence-corrected chi connectivity index (χ3v) is 3.13. The quantitative estimate of drug-likeness (QED) is 0.659. The minimum absolute atomic E-state index is 0.0235. The van der Waals surface area contributed by atoms with Crippen LogP contribution in [0.4, 0.5) is 17.6 Å². The van der Waals surface area contributed by atoms with Crippen molar-refractivity contribution < 1.29 is 17.6 Å². The molecule has 1 heterocycles. The lowest BCUT2D eigenvalue weighted by Gasteiger charge is -2.10. The number of alkyl halides is 3. The molecule has 0 fully saturated rings. The molecule has 0 radical (unpaired) electrons. The van der Waals surface area contributed by atoms with Crippen LogP contribution in [0.5, 0.6) is 0 Å². The number of halogens is 6. The molecule has 0 spiro atoms. The average Bonchev–Trinajstić information content (AvgIpc) is 2.31. The summed E-state index contributed by atoms with van der Waals surface area (Å²) in [6.45, 7) is 0. The van der Waals surface area contributed by atoms with Crippen molar-refractivity contribution in [3.63, 3.8) is 0 Å².